The van der Waals surface area contributed by atoms with Gasteiger partial charge in [0.2, 0.25) is 5.91 Å². The maximum atomic E-state index is 11.0. The zero-order valence-electron chi connectivity index (χ0n) is 7.98. The van der Waals surface area contributed by atoms with Crippen LogP contribution in [0.2, 0.25) is 0 Å². The largest absolute Gasteiger partial charge is 0.790 e. The Labute approximate surface area is 82.2 Å². The average molecular weight is 221 g/mol. The summed E-state index contributed by atoms with van der Waals surface area (Å²) in [6.45, 7) is 6.37. The molecule has 6 nitrogen and oxygen atoms in total. The van der Waals surface area contributed by atoms with Crippen LogP contribution < -0.4 is 15.1 Å². The summed E-state index contributed by atoms with van der Waals surface area (Å²) >= 11 is 0. The van der Waals surface area contributed by atoms with E-state index in [0.29, 0.717) is 0 Å². The average Bonchev–Trinajstić information content (AvgIpc) is 2.00. The second-order valence-corrected chi connectivity index (χ2v) is 3.81. The zero-order chi connectivity index (χ0) is 11.4. The Morgan fingerprint density at radius 1 is 1.64 bits per heavy atom. The van der Waals surface area contributed by atoms with Crippen LogP contribution in [0.3, 0.4) is 0 Å². The molecule has 82 valence electrons. The molecule has 0 aliphatic rings. The Hall–Kier alpha value is -0.680. The lowest BCUT2D eigenvalue weighted by Gasteiger charge is -2.33. The van der Waals surface area contributed by atoms with Crippen molar-refractivity contribution in [1.82, 2.24) is 5.32 Å². The lowest BCUT2D eigenvalue weighted by molar-refractivity contribution is -0.345. The fraction of sp³-hybridized carbons (Fsp3) is 0.571. The third kappa shape index (κ3) is 5.88. The molecule has 0 aliphatic carbocycles. The second-order valence-electron chi connectivity index (χ2n) is 2.70. The molecule has 7 heteroatoms. The maximum absolute atomic E-state index is 11.0. The van der Waals surface area contributed by atoms with Crippen LogP contribution in [0.15, 0.2) is 12.2 Å². The predicted molar refractivity (Wildman–Crippen MR) is 45.7 cm³/mol. The molecule has 0 aromatic rings. The van der Waals surface area contributed by atoms with Gasteiger partial charge in [0.15, 0.2) is 0 Å². The Morgan fingerprint density at radius 2 is 2.14 bits per heavy atom. The highest BCUT2D eigenvalue weighted by Crippen LogP contribution is 2.27. The number of phosphoric acid groups is 1. The first-order valence-electron chi connectivity index (χ1n) is 3.93. The molecule has 0 aromatic carbocycles. The number of hydrogen-bond donors (Lipinski definition) is 1. The summed E-state index contributed by atoms with van der Waals surface area (Å²) in [7, 11) is -5.07. The van der Waals surface area contributed by atoms with Crippen LogP contribution in [0, 0.1) is 0 Å². The fourth-order valence-electron chi connectivity index (χ4n) is 0.628. The Balaban J connectivity index is 4.24. The van der Waals surface area contributed by atoms with Gasteiger partial charge in [0, 0.05) is 5.57 Å². The molecule has 14 heavy (non-hydrogen) atoms. The van der Waals surface area contributed by atoms with Gasteiger partial charge in [-0.3, -0.25) is 4.79 Å². The highest BCUT2D eigenvalue weighted by Gasteiger charge is 2.11. The predicted octanol–water partition coefficient (Wildman–Crippen LogP) is -0.740. The number of nitrogens with one attached hydrogen (secondary N) is 1. The smallest absolute Gasteiger partial charge is 0.248 e. The van der Waals surface area contributed by atoms with E-state index < -0.39 is 20.0 Å². The van der Waals surface area contributed by atoms with Crippen molar-refractivity contribution in [2.45, 2.75) is 26.5 Å². The van der Waals surface area contributed by atoms with Crippen LogP contribution in [0.25, 0.3) is 0 Å². The normalized spacial score (nSPS) is 13.4. The SMILES string of the molecule is C=C(C)C(=O)NC(CC)OP(=O)([O-])[O-]. The molecule has 1 atom stereocenters. The van der Waals surface area contributed by atoms with E-state index in [0.717, 1.165) is 0 Å². The summed E-state index contributed by atoms with van der Waals surface area (Å²) < 4.78 is 14.3. The zero-order valence-corrected chi connectivity index (χ0v) is 8.87. The van der Waals surface area contributed by atoms with Gasteiger partial charge >= 0.3 is 0 Å². The Morgan fingerprint density at radius 3 is 2.43 bits per heavy atom. The van der Waals surface area contributed by atoms with Crippen molar-refractivity contribution in [1.29, 1.82) is 0 Å². The molecule has 0 bridgehead atoms. The number of rotatable bonds is 5. The van der Waals surface area contributed by atoms with Gasteiger partial charge < -0.3 is 24.2 Å². The lowest BCUT2D eigenvalue weighted by atomic mass is 10.3. The second kappa shape index (κ2) is 5.26. The molecule has 1 N–H and O–H groups in total. The summed E-state index contributed by atoms with van der Waals surface area (Å²) in [5, 5.41) is 2.19. The van der Waals surface area contributed by atoms with Gasteiger partial charge in [0.05, 0.1) is 7.82 Å². The highest BCUT2D eigenvalue weighted by atomic mass is 31.2. The standard InChI is InChI=1S/C7H14NO5P/c1-4-6(13-14(10,11)12)8-7(9)5(2)3/h6H,2,4H2,1,3H3,(H,8,9)(H2,10,11,12)/p-2. The number of amides is 1. The highest BCUT2D eigenvalue weighted by molar-refractivity contribution is 7.43. The number of phosphoric ester groups is 1. The van der Waals surface area contributed by atoms with Crippen molar-refractivity contribution in [3.05, 3.63) is 12.2 Å². The molecule has 0 aromatic heterocycles. The first kappa shape index (κ1) is 13.3. The molecule has 0 radical (unpaired) electrons. The van der Waals surface area contributed by atoms with E-state index >= 15 is 0 Å². The minimum Gasteiger partial charge on any atom is -0.790 e. The van der Waals surface area contributed by atoms with Crippen LogP contribution in [0.1, 0.15) is 20.3 Å². The molecule has 0 fully saturated rings. The molecule has 0 heterocycles. The first-order valence-corrected chi connectivity index (χ1v) is 5.39. The van der Waals surface area contributed by atoms with Gasteiger partial charge in [-0.1, -0.05) is 13.5 Å². The molecule has 0 saturated heterocycles. The van der Waals surface area contributed by atoms with Crippen molar-refractivity contribution in [3.8, 4) is 0 Å². The summed E-state index contributed by atoms with van der Waals surface area (Å²) in [6.07, 6.45) is -0.951. The Kier molecular flexibility index (Phi) is 5.01. The molecule has 0 saturated carbocycles. The van der Waals surface area contributed by atoms with Crippen molar-refractivity contribution in [2.24, 2.45) is 0 Å². The van der Waals surface area contributed by atoms with Crippen LogP contribution in [0.4, 0.5) is 0 Å². The van der Waals surface area contributed by atoms with E-state index in [2.05, 4.69) is 16.4 Å². The summed E-state index contributed by atoms with van der Waals surface area (Å²) in [4.78, 5) is 31.5. The van der Waals surface area contributed by atoms with Crippen LogP contribution in [0.5, 0.6) is 0 Å². The van der Waals surface area contributed by atoms with E-state index in [1.807, 2.05) is 0 Å². The minimum absolute atomic E-state index is 0.174. The van der Waals surface area contributed by atoms with E-state index in [9.17, 15) is 19.1 Å². The first-order chi connectivity index (χ1) is 6.26. The molecular formula is C7H12NO5P-2. The van der Waals surface area contributed by atoms with Crippen molar-refractivity contribution in [2.75, 3.05) is 0 Å². The summed E-state index contributed by atoms with van der Waals surface area (Å²) in [6, 6.07) is 0. The monoisotopic (exact) mass is 221 g/mol. The van der Waals surface area contributed by atoms with E-state index in [-0.39, 0.29) is 12.0 Å². The van der Waals surface area contributed by atoms with Gasteiger partial charge in [0.25, 0.3) is 0 Å². The van der Waals surface area contributed by atoms with Crippen LogP contribution in [-0.2, 0) is 13.9 Å². The van der Waals surface area contributed by atoms with E-state index in [4.69, 9.17) is 0 Å². The quantitative estimate of drug-likeness (QED) is 0.374. The fourth-order valence-corrected chi connectivity index (χ4v) is 1.14. The molecule has 1 amide bonds. The topological polar surface area (TPSA) is 102 Å². The third-order valence-electron chi connectivity index (χ3n) is 1.31. The molecule has 0 aliphatic heterocycles. The number of hydrogen-bond acceptors (Lipinski definition) is 5. The molecule has 0 rings (SSSR count). The minimum atomic E-state index is -5.07. The number of carbonyl (C=O) groups is 1. The van der Waals surface area contributed by atoms with E-state index in [1.54, 1.807) is 6.92 Å². The Bertz CT molecular complexity index is 271. The van der Waals surface area contributed by atoms with Crippen molar-refractivity contribution >= 4 is 13.7 Å². The molecule has 1 unspecified atom stereocenters. The van der Waals surface area contributed by atoms with Gasteiger partial charge in [0.1, 0.15) is 6.23 Å². The summed E-state index contributed by atoms with van der Waals surface area (Å²) in [5.74, 6) is -0.551. The molecular weight excluding hydrogens is 209 g/mol. The van der Waals surface area contributed by atoms with Crippen molar-refractivity contribution in [3.63, 3.8) is 0 Å². The van der Waals surface area contributed by atoms with Gasteiger partial charge in [-0.15, -0.1) is 0 Å². The maximum Gasteiger partial charge on any atom is 0.248 e. The van der Waals surface area contributed by atoms with Gasteiger partial charge in [-0.2, -0.15) is 0 Å². The van der Waals surface area contributed by atoms with Crippen LogP contribution in [-0.4, -0.2) is 12.1 Å². The van der Waals surface area contributed by atoms with Gasteiger partial charge in [-0.05, 0) is 13.3 Å². The van der Waals surface area contributed by atoms with Gasteiger partial charge in [-0.25, -0.2) is 0 Å². The lowest BCUT2D eigenvalue weighted by Crippen LogP contribution is -2.38. The third-order valence-corrected chi connectivity index (χ3v) is 1.82. The molecule has 0 spiro atoms. The van der Waals surface area contributed by atoms with E-state index in [1.165, 1.54) is 6.92 Å². The van der Waals surface area contributed by atoms with Crippen LogP contribution >= 0.6 is 7.82 Å². The number of carbonyl (C=O) groups excluding carboxylic acids is 1. The summed E-state index contributed by atoms with van der Waals surface area (Å²) in [5.41, 5.74) is 0.207. The van der Waals surface area contributed by atoms with Crippen molar-refractivity contribution < 1.29 is 23.7 Å².